The third kappa shape index (κ3) is 2.49. The summed E-state index contributed by atoms with van der Waals surface area (Å²) in [6.45, 7) is 4.09. The molecule has 1 aromatic carbocycles. The Bertz CT molecular complexity index is 902. The number of aryl methyl sites for hydroxylation is 1. The van der Waals surface area contributed by atoms with Crippen molar-refractivity contribution < 1.29 is 4.74 Å². The van der Waals surface area contributed by atoms with Crippen LogP contribution in [0.1, 0.15) is 22.8 Å². The number of fused-ring (bicyclic) bond motifs is 3. The Hall–Kier alpha value is -2.60. The first-order valence-corrected chi connectivity index (χ1v) is 8.15. The molecule has 0 saturated carbocycles. The number of rotatable bonds is 3. The molecule has 124 valence electrons. The normalized spacial score (nSPS) is 14.0. The quantitative estimate of drug-likeness (QED) is 0.773. The number of ether oxygens (including phenoxy) is 1. The van der Waals surface area contributed by atoms with E-state index in [0.717, 1.165) is 48.1 Å². The minimum atomic E-state index is 0.430. The first-order chi connectivity index (χ1) is 11.7. The molecule has 0 saturated heterocycles. The van der Waals surface area contributed by atoms with E-state index in [9.17, 15) is 0 Å². The summed E-state index contributed by atoms with van der Waals surface area (Å²) in [5, 5.41) is 1.22. The van der Waals surface area contributed by atoms with Crippen LogP contribution in [-0.2, 0) is 19.5 Å². The second-order valence-electron chi connectivity index (χ2n) is 6.13. The molecule has 0 unspecified atom stereocenters. The molecule has 0 atom stereocenters. The van der Waals surface area contributed by atoms with E-state index in [1.807, 2.05) is 19.1 Å². The van der Waals surface area contributed by atoms with Gasteiger partial charge in [0.1, 0.15) is 17.4 Å². The summed E-state index contributed by atoms with van der Waals surface area (Å²) in [6.07, 6.45) is 0.966. The van der Waals surface area contributed by atoms with Gasteiger partial charge in [-0.2, -0.15) is 0 Å². The minimum absolute atomic E-state index is 0.430. The zero-order valence-electron chi connectivity index (χ0n) is 14.0. The second kappa shape index (κ2) is 5.79. The lowest BCUT2D eigenvalue weighted by Gasteiger charge is -2.28. The molecule has 1 aliphatic rings. The number of nitrogens with one attached hydrogen (secondary N) is 1. The van der Waals surface area contributed by atoms with Crippen LogP contribution in [-0.4, -0.2) is 28.6 Å². The van der Waals surface area contributed by atoms with Gasteiger partial charge in [-0.25, -0.2) is 9.97 Å². The van der Waals surface area contributed by atoms with Crippen LogP contribution in [0, 0.1) is 6.92 Å². The molecule has 0 fully saturated rings. The topological polar surface area (TPSA) is 80.1 Å². The summed E-state index contributed by atoms with van der Waals surface area (Å²) >= 11 is 0. The van der Waals surface area contributed by atoms with Crippen molar-refractivity contribution in [2.24, 2.45) is 5.73 Å². The van der Waals surface area contributed by atoms with Gasteiger partial charge in [0, 0.05) is 54.3 Å². The van der Waals surface area contributed by atoms with Gasteiger partial charge < -0.3 is 20.4 Å². The molecule has 3 heterocycles. The van der Waals surface area contributed by atoms with E-state index in [-0.39, 0.29) is 0 Å². The molecular formula is C18H21N5O. The predicted octanol–water partition coefficient (Wildman–Crippen LogP) is 2.30. The van der Waals surface area contributed by atoms with Gasteiger partial charge in [-0.3, -0.25) is 0 Å². The van der Waals surface area contributed by atoms with Crippen molar-refractivity contribution in [3.05, 3.63) is 47.0 Å². The largest absolute Gasteiger partial charge is 0.497 e. The van der Waals surface area contributed by atoms with Gasteiger partial charge in [0.2, 0.25) is 0 Å². The van der Waals surface area contributed by atoms with Crippen molar-refractivity contribution in [3.8, 4) is 5.75 Å². The van der Waals surface area contributed by atoms with Gasteiger partial charge in [0.05, 0.1) is 12.8 Å². The summed E-state index contributed by atoms with van der Waals surface area (Å²) in [6, 6.07) is 8.17. The van der Waals surface area contributed by atoms with Crippen LogP contribution in [0.3, 0.4) is 0 Å². The number of anilines is 1. The summed E-state index contributed by atoms with van der Waals surface area (Å²) in [7, 11) is 1.70. The van der Waals surface area contributed by atoms with Crippen molar-refractivity contribution in [1.29, 1.82) is 0 Å². The maximum atomic E-state index is 5.76. The highest BCUT2D eigenvalue weighted by Gasteiger charge is 2.22. The number of nitrogens with zero attached hydrogens (tertiary/aromatic N) is 3. The van der Waals surface area contributed by atoms with Crippen LogP contribution < -0.4 is 15.4 Å². The summed E-state index contributed by atoms with van der Waals surface area (Å²) in [5.41, 5.74) is 10.4. The van der Waals surface area contributed by atoms with Gasteiger partial charge >= 0.3 is 0 Å². The molecular weight excluding hydrogens is 302 g/mol. The fourth-order valence-electron chi connectivity index (χ4n) is 3.39. The number of hydrogen-bond acceptors (Lipinski definition) is 5. The molecule has 1 aliphatic heterocycles. The fraction of sp³-hybridized carbons (Fsp3) is 0.333. The van der Waals surface area contributed by atoms with E-state index < -0.39 is 0 Å². The SMILES string of the molecule is COc1ccc2[nH]c3c(c2c1)CN(c1cc(CN)nc(C)n1)CC3. The van der Waals surface area contributed by atoms with Crippen molar-refractivity contribution >= 4 is 16.7 Å². The number of benzene rings is 1. The number of H-pyrrole nitrogens is 1. The number of hydrogen-bond donors (Lipinski definition) is 2. The van der Waals surface area contributed by atoms with Crippen LogP contribution in [0.2, 0.25) is 0 Å². The van der Waals surface area contributed by atoms with E-state index in [1.165, 1.54) is 16.6 Å². The van der Waals surface area contributed by atoms with Gasteiger partial charge in [-0.05, 0) is 25.1 Å². The number of aromatic nitrogens is 3. The molecule has 3 N–H and O–H groups in total. The highest BCUT2D eigenvalue weighted by Crippen LogP contribution is 2.32. The van der Waals surface area contributed by atoms with E-state index in [2.05, 4.69) is 32.0 Å². The monoisotopic (exact) mass is 323 g/mol. The predicted molar refractivity (Wildman–Crippen MR) is 94.3 cm³/mol. The standard InChI is InChI=1S/C18H21N5O/c1-11-20-12(9-19)7-18(21-11)23-6-5-17-15(10-23)14-8-13(24-2)3-4-16(14)22-17/h3-4,7-8,22H,5-6,9-10,19H2,1-2H3. The summed E-state index contributed by atoms with van der Waals surface area (Å²) in [5.74, 6) is 2.59. The molecule has 2 aromatic heterocycles. The third-order valence-electron chi connectivity index (χ3n) is 4.59. The smallest absolute Gasteiger partial charge is 0.132 e. The minimum Gasteiger partial charge on any atom is -0.497 e. The second-order valence-corrected chi connectivity index (χ2v) is 6.13. The van der Waals surface area contributed by atoms with Gasteiger partial charge in [0.15, 0.2) is 0 Å². The molecule has 3 aromatic rings. The van der Waals surface area contributed by atoms with Crippen LogP contribution >= 0.6 is 0 Å². The average Bonchev–Trinajstić information content (AvgIpc) is 2.98. The lowest BCUT2D eigenvalue weighted by molar-refractivity contribution is 0.415. The Balaban J connectivity index is 1.74. The Morgan fingerprint density at radius 3 is 2.96 bits per heavy atom. The molecule has 0 spiro atoms. The van der Waals surface area contributed by atoms with Crippen LogP contribution in [0.4, 0.5) is 5.82 Å². The zero-order valence-corrected chi connectivity index (χ0v) is 14.0. The Morgan fingerprint density at radius 2 is 2.17 bits per heavy atom. The fourth-order valence-corrected chi connectivity index (χ4v) is 3.39. The Kier molecular flexibility index (Phi) is 3.61. The third-order valence-corrected chi connectivity index (χ3v) is 4.59. The van der Waals surface area contributed by atoms with Crippen molar-refractivity contribution in [1.82, 2.24) is 15.0 Å². The van der Waals surface area contributed by atoms with Gasteiger partial charge in [0.25, 0.3) is 0 Å². The number of aromatic amines is 1. The lowest BCUT2D eigenvalue weighted by Crippen LogP contribution is -2.31. The highest BCUT2D eigenvalue weighted by molar-refractivity contribution is 5.86. The Labute approximate surface area is 140 Å². The Morgan fingerprint density at radius 1 is 1.29 bits per heavy atom. The molecule has 6 heteroatoms. The molecule has 24 heavy (non-hydrogen) atoms. The zero-order chi connectivity index (χ0) is 16.7. The summed E-state index contributed by atoms with van der Waals surface area (Å²) < 4.78 is 5.38. The molecule has 0 bridgehead atoms. The maximum absolute atomic E-state index is 5.76. The average molecular weight is 323 g/mol. The van der Waals surface area contributed by atoms with Crippen LogP contribution in [0.25, 0.3) is 10.9 Å². The molecule has 6 nitrogen and oxygen atoms in total. The molecule has 0 radical (unpaired) electrons. The maximum Gasteiger partial charge on any atom is 0.132 e. The van der Waals surface area contributed by atoms with Crippen molar-refractivity contribution in [3.63, 3.8) is 0 Å². The molecule has 0 aliphatic carbocycles. The van der Waals surface area contributed by atoms with Crippen molar-refractivity contribution in [2.75, 3.05) is 18.6 Å². The highest BCUT2D eigenvalue weighted by atomic mass is 16.5. The van der Waals surface area contributed by atoms with Crippen LogP contribution in [0.15, 0.2) is 24.3 Å². The van der Waals surface area contributed by atoms with Crippen molar-refractivity contribution in [2.45, 2.75) is 26.4 Å². The first-order valence-electron chi connectivity index (χ1n) is 8.15. The van der Waals surface area contributed by atoms with E-state index >= 15 is 0 Å². The van der Waals surface area contributed by atoms with Gasteiger partial charge in [-0.1, -0.05) is 0 Å². The lowest BCUT2D eigenvalue weighted by atomic mass is 10.0. The molecule has 4 rings (SSSR count). The van der Waals surface area contributed by atoms with E-state index in [1.54, 1.807) is 7.11 Å². The number of nitrogens with two attached hydrogens (primary N) is 1. The first kappa shape index (κ1) is 15.0. The van der Waals surface area contributed by atoms with Gasteiger partial charge in [-0.15, -0.1) is 0 Å². The van der Waals surface area contributed by atoms with E-state index in [0.29, 0.717) is 6.54 Å². The summed E-state index contributed by atoms with van der Waals surface area (Å²) in [4.78, 5) is 14.8. The van der Waals surface area contributed by atoms with Crippen LogP contribution in [0.5, 0.6) is 5.75 Å². The van der Waals surface area contributed by atoms with E-state index in [4.69, 9.17) is 10.5 Å². The number of methoxy groups -OCH3 is 1. The molecule has 0 amide bonds.